The Balaban J connectivity index is 2.34. The molecule has 0 bridgehead atoms. The minimum atomic E-state index is -0.425. The van der Waals surface area contributed by atoms with Crippen LogP contribution in [0.15, 0.2) is 41.6 Å². The van der Waals surface area contributed by atoms with Gasteiger partial charge in [0.25, 0.3) is 0 Å². The number of pyridine rings is 1. The number of halogens is 2. The van der Waals surface area contributed by atoms with E-state index in [-0.39, 0.29) is 22.1 Å². The number of imidazole rings is 1. The number of carbonyl (C=O) groups is 1. The predicted molar refractivity (Wildman–Crippen MR) is 86.5 cm³/mol. The van der Waals surface area contributed by atoms with Gasteiger partial charge in [0.15, 0.2) is 5.78 Å². The van der Waals surface area contributed by atoms with E-state index in [1.807, 2.05) is 6.07 Å². The monoisotopic (exact) mass is 345 g/mol. The van der Waals surface area contributed by atoms with Crippen molar-refractivity contribution in [1.82, 2.24) is 9.38 Å². The topological polar surface area (TPSA) is 58.2 Å². The van der Waals surface area contributed by atoms with E-state index < -0.39 is 5.82 Å². The van der Waals surface area contributed by atoms with Gasteiger partial charge in [-0.1, -0.05) is 11.6 Å². The fourth-order valence-corrected chi connectivity index (χ4v) is 3.40. The van der Waals surface area contributed by atoms with E-state index in [1.54, 1.807) is 12.5 Å². The van der Waals surface area contributed by atoms with Crippen LogP contribution in [0, 0.1) is 17.1 Å². The maximum Gasteiger partial charge on any atom is 0.197 e. The van der Waals surface area contributed by atoms with Crippen molar-refractivity contribution < 1.29 is 9.18 Å². The largest absolute Gasteiger partial charge is 0.288 e. The summed E-state index contributed by atoms with van der Waals surface area (Å²) < 4.78 is 14.6. The Morgan fingerprint density at radius 3 is 2.70 bits per heavy atom. The zero-order valence-corrected chi connectivity index (χ0v) is 13.5. The Labute approximate surface area is 140 Å². The van der Waals surface area contributed by atoms with Gasteiger partial charge in [0.05, 0.1) is 5.56 Å². The second kappa shape index (κ2) is 6.03. The lowest BCUT2D eigenvalue weighted by molar-refractivity contribution is 0.103. The number of benzene rings is 1. The summed E-state index contributed by atoms with van der Waals surface area (Å²) in [4.78, 5) is 17.5. The van der Waals surface area contributed by atoms with Gasteiger partial charge in [0, 0.05) is 22.9 Å². The fraction of sp³-hybridized carbons (Fsp3) is 0.0625. The smallest absolute Gasteiger partial charge is 0.197 e. The Morgan fingerprint density at radius 1 is 1.39 bits per heavy atom. The van der Waals surface area contributed by atoms with Crippen LogP contribution < -0.4 is 0 Å². The molecule has 0 unspecified atom stereocenters. The van der Waals surface area contributed by atoms with Crippen LogP contribution in [0.2, 0.25) is 5.15 Å². The van der Waals surface area contributed by atoms with Gasteiger partial charge in [0.2, 0.25) is 0 Å². The lowest BCUT2D eigenvalue weighted by Crippen LogP contribution is -2.09. The molecule has 0 aliphatic rings. The van der Waals surface area contributed by atoms with Crippen molar-refractivity contribution in [2.24, 2.45) is 0 Å². The molecule has 2 heterocycles. The summed E-state index contributed by atoms with van der Waals surface area (Å²) in [6, 6.07) is 7.28. The molecule has 3 rings (SSSR count). The first-order chi connectivity index (χ1) is 11.1. The van der Waals surface area contributed by atoms with Crippen LogP contribution in [0.3, 0.4) is 0 Å². The van der Waals surface area contributed by atoms with E-state index in [0.717, 1.165) is 0 Å². The van der Waals surface area contributed by atoms with Crippen molar-refractivity contribution in [3.05, 3.63) is 64.3 Å². The minimum absolute atomic E-state index is 0.208. The van der Waals surface area contributed by atoms with Crippen LogP contribution in [0.25, 0.3) is 5.65 Å². The molecule has 0 fully saturated rings. The number of hydrogen-bond acceptors (Lipinski definition) is 4. The summed E-state index contributed by atoms with van der Waals surface area (Å²) in [5.41, 5.74) is 1.19. The van der Waals surface area contributed by atoms with Crippen molar-refractivity contribution in [3.63, 3.8) is 0 Å². The van der Waals surface area contributed by atoms with Crippen molar-refractivity contribution in [1.29, 1.82) is 5.26 Å². The lowest BCUT2D eigenvalue weighted by atomic mass is 10.0. The van der Waals surface area contributed by atoms with Crippen molar-refractivity contribution in [2.45, 2.75) is 4.90 Å². The molecule has 3 aromatic rings. The van der Waals surface area contributed by atoms with E-state index >= 15 is 0 Å². The zero-order valence-electron chi connectivity index (χ0n) is 11.9. The molecule has 7 heteroatoms. The van der Waals surface area contributed by atoms with Gasteiger partial charge in [-0.2, -0.15) is 5.26 Å². The molecule has 0 spiro atoms. The highest BCUT2D eigenvalue weighted by Gasteiger charge is 2.24. The van der Waals surface area contributed by atoms with E-state index in [9.17, 15) is 14.4 Å². The molecular formula is C16H9ClFN3OS. The first kappa shape index (κ1) is 15.5. The number of ketones is 1. The third kappa shape index (κ3) is 2.48. The molecule has 0 aliphatic heterocycles. The standard InChI is InChI=1S/C16H9ClFN3OS/c1-23-14-11(8-19)15(17)21-7-6-20-16(21)12(14)13(22)9-2-4-10(18)5-3-9/h2-7H,1H3. The molecule has 0 saturated heterocycles. The summed E-state index contributed by atoms with van der Waals surface area (Å²) in [5.74, 6) is -0.759. The van der Waals surface area contributed by atoms with E-state index in [0.29, 0.717) is 16.1 Å². The highest BCUT2D eigenvalue weighted by molar-refractivity contribution is 7.98. The summed E-state index contributed by atoms with van der Waals surface area (Å²) in [6.45, 7) is 0. The third-order valence-electron chi connectivity index (χ3n) is 3.39. The average Bonchev–Trinajstić information content (AvgIpc) is 3.04. The quantitative estimate of drug-likeness (QED) is 0.409. The highest BCUT2D eigenvalue weighted by atomic mass is 35.5. The first-order valence-electron chi connectivity index (χ1n) is 6.51. The number of carbonyl (C=O) groups excluding carboxylic acids is 1. The van der Waals surface area contributed by atoms with Crippen molar-refractivity contribution >= 4 is 34.8 Å². The normalized spacial score (nSPS) is 10.7. The number of aromatic nitrogens is 2. The summed E-state index contributed by atoms with van der Waals surface area (Å²) in [6.07, 6.45) is 4.85. The number of nitrogens with zero attached hydrogens (tertiary/aromatic N) is 3. The molecule has 0 saturated carbocycles. The number of hydrogen-bond donors (Lipinski definition) is 0. The number of nitriles is 1. The van der Waals surface area contributed by atoms with Gasteiger partial charge < -0.3 is 0 Å². The molecule has 2 aromatic heterocycles. The van der Waals surface area contributed by atoms with Gasteiger partial charge in [-0.25, -0.2) is 9.37 Å². The minimum Gasteiger partial charge on any atom is -0.288 e. The van der Waals surface area contributed by atoms with Crippen molar-refractivity contribution in [2.75, 3.05) is 6.26 Å². The second-order valence-electron chi connectivity index (χ2n) is 4.64. The summed E-state index contributed by atoms with van der Waals surface area (Å²) in [5, 5.41) is 9.61. The van der Waals surface area contributed by atoms with Gasteiger partial charge in [-0.05, 0) is 30.5 Å². The van der Waals surface area contributed by atoms with Gasteiger partial charge in [-0.15, -0.1) is 11.8 Å². The Hall–Kier alpha value is -2.36. The molecule has 4 nitrogen and oxygen atoms in total. The molecule has 114 valence electrons. The Morgan fingerprint density at radius 2 is 2.09 bits per heavy atom. The molecule has 1 aromatic carbocycles. The van der Waals surface area contributed by atoms with Crippen LogP contribution >= 0.6 is 23.4 Å². The maximum atomic E-state index is 13.1. The third-order valence-corrected chi connectivity index (χ3v) is 4.57. The highest BCUT2D eigenvalue weighted by Crippen LogP contribution is 2.34. The number of rotatable bonds is 3. The van der Waals surface area contributed by atoms with Gasteiger partial charge in [0.1, 0.15) is 28.3 Å². The van der Waals surface area contributed by atoms with Crippen LogP contribution in [0.4, 0.5) is 4.39 Å². The predicted octanol–water partition coefficient (Wildman–Crippen LogP) is 3.95. The molecule has 0 aliphatic carbocycles. The Kier molecular flexibility index (Phi) is 4.07. The molecular weight excluding hydrogens is 337 g/mol. The fourth-order valence-electron chi connectivity index (χ4n) is 2.34. The van der Waals surface area contributed by atoms with Crippen molar-refractivity contribution in [3.8, 4) is 6.07 Å². The van der Waals surface area contributed by atoms with E-state index in [2.05, 4.69) is 4.98 Å². The summed E-state index contributed by atoms with van der Waals surface area (Å²) in [7, 11) is 0. The van der Waals surface area contributed by atoms with Crippen LogP contribution in [-0.4, -0.2) is 21.4 Å². The van der Waals surface area contributed by atoms with E-state index in [4.69, 9.17) is 11.6 Å². The average molecular weight is 346 g/mol. The number of fused-ring (bicyclic) bond motifs is 1. The van der Waals surface area contributed by atoms with Crippen LogP contribution in [0.1, 0.15) is 21.5 Å². The van der Waals surface area contributed by atoms with Gasteiger partial charge in [-0.3, -0.25) is 9.20 Å². The SMILES string of the molecule is CSc1c(C#N)c(Cl)n2ccnc2c1C(=O)c1ccc(F)cc1. The molecule has 23 heavy (non-hydrogen) atoms. The van der Waals surface area contributed by atoms with Gasteiger partial charge >= 0.3 is 0 Å². The molecule has 0 atom stereocenters. The molecule has 0 N–H and O–H groups in total. The first-order valence-corrected chi connectivity index (χ1v) is 8.11. The maximum absolute atomic E-state index is 13.1. The molecule has 0 amide bonds. The lowest BCUT2D eigenvalue weighted by Gasteiger charge is -2.12. The summed E-state index contributed by atoms with van der Waals surface area (Å²) >= 11 is 7.49. The van der Waals surface area contributed by atoms with Crippen LogP contribution in [-0.2, 0) is 0 Å². The van der Waals surface area contributed by atoms with E-state index in [1.165, 1.54) is 46.6 Å². The number of thioether (sulfide) groups is 1. The Bertz CT molecular complexity index is 960. The van der Waals surface area contributed by atoms with Crippen LogP contribution in [0.5, 0.6) is 0 Å². The molecule has 0 radical (unpaired) electrons. The second-order valence-corrected chi connectivity index (χ2v) is 5.82. The zero-order chi connectivity index (χ0) is 16.6.